The molecule has 3 heteroatoms. The number of benzene rings is 5. The van der Waals surface area contributed by atoms with Crippen LogP contribution in [0.15, 0.2) is 91.0 Å². The summed E-state index contributed by atoms with van der Waals surface area (Å²) in [6.45, 7) is 0.770. The molecule has 1 N–H and O–H groups in total. The van der Waals surface area contributed by atoms with Crippen molar-refractivity contribution in [3.05, 3.63) is 91.0 Å². The summed E-state index contributed by atoms with van der Waals surface area (Å²) in [6.07, 6.45) is 9.28. The average Bonchev–Trinajstić information content (AvgIpc) is 3.68. The van der Waals surface area contributed by atoms with Gasteiger partial charge in [-0.05, 0) is 63.0 Å². The minimum atomic E-state index is -0.679. The maximum absolute atomic E-state index is 10.4. The molecule has 0 fully saturated rings. The molecule has 3 nitrogen and oxygen atoms in total. The van der Waals surface area contributed by atoms with Gasteiger partial charge < -0.3 is 9.84 Å². The van der Waals surface area contributed by atoms with E-state index in [1.54, 1.807) is 0 Å². The minimum Gasteiger partial charge on any atom is -0.493 e. The van der Waals surface area contributed by atoms with E-state index in [0.717, 1.165) is 38.0 Å². The third-order valence-corrected chi connectivity index (χ3v) is 7.39. The molecule has 38 heavy (non-hydrogen) atoms. The predicted octanol–water partition coefficient (Wildman–Crippen LogP) is 9.79. The Balaban J connectivity index is 0.000000175. The van der Waals surface area contributed by atoms with Gasteiger partial charge in [-0.3, -0.25) is 4.79 Å². The van der Waals surface area contributed by atoms with Crippen LogP contribution in [0.25, 0.3) is 43.4 Å². The van der Waals surface area contributed by atoms with Gasteiger partial charge in [0.25, 0.3) is 0 Å². The summed E-state index contributed by atoms with van der Waals surface area (Å²) in [6, 6.07) is 32.0. The lowest BCUT2D eigenvalue weighted by molar-refractivity contribution is -0.137. The normalized spacial score (nSPS) is 11.4. The third kappa shape index (κ3) is 6.34. The van der Waals surface area contributed by atoms with E-state index in [9.17, 15) is 4.79 Å². The summed E-state index contributed by atoms with van der Waals surface area (Å²) < 4.78 is 5.95. The Morgan fingerprint density at radius 2 is 1.21 bits per heavy atom. The molecule has 0 saturated heterocycles. The number of hydrogen-bond donors (Lipinski definition) is 1. The highest BCUT2D eigenvalue weighted by atomic mass is 16.5. The molecule has 194 valence electrons. The topological polar surface area (TPSA) is 46.5 Å². The number of rotatable bonds is 12. The zero-order chi connectivity index (χ0) is 26.2. The van der Waals surface area contributed by atoms with Crippen LogP contribution in [0.4, 0.5) is 0 Å². The van der Waals surface area contributed by atoms with Crippen LogP contribution in [0, 0.1) is 0 Å². The fourth-order valence-electron chi connectivity index (χ4n) is 5.36. The molecule has 0 atom stereocenters. The fourth-order valence-corrected chi connectivity index (χ4v) is 5.36. The number of carboxylic acids is 1. The quantitative estimate of drug-likeness (QED) is 0.133. The number of unbranched alkanes of at least 4 members (excludes halogenated alkanes) is 7. The van der Waals surface area contributed by atoms with Gasteiger partial charge in [0.1, 0.15) is 5.75 Å². The first-order valence-corrected chi connectivity index (χ1v) is 14.0. The number of fused-ring (bicyclic) bond motifs is 4. The van der Waals surface area contributed by atoms with Crippen LogP contribution in [0.2, 0.25) is 0 Å². The van der Waals surface area contributed by atoms with Crippen LogP contribution in [0.5, 0.6) is 5.75 Å². The predicted molar refractivity (Wildman–Crippen MR) is 159 cm³/mol. The van der Waals surface area contributed by atoms with E-state index in [-0.39, 0.29) is 0 Å². The van der Waals surface area contributed by atoms with Crippen molar-refractivity contribution in [1.29, 1.82) is 0 Å². The summed E-state index contributed by atoms with van der Waals surface area (Å²) in [4.78, 5) is 10.4. The molecule has 0 bridgehead atoms. The first kappa shape index (κ1) is 25.8. The maximum atomic E-state index is 10.4. The van der Waals surface area contributed by atoms with Gasteiger partial charge in [-0.15, -0.1) is 0 Å². The minimum absolute atomic E-state index is 0.311. The third-order valence-electron chi connectivity index (χ3n) is 7.39. The van der Waals surface area contributed by atoms with Crippen LogP contribution in [0.3, 0.4) is 0 Å². The molecule has 5 aromatic rings. The zero-order valence-electron chi connectivity index (χ0n) is 22.0. The second kappa shape index (κ2) is 12.6. The van der Waals surface area contributed by atoms with Crippen molar-refractivity contribution in [3.63, 3.8) is 0 Å². The van der Waals surface area contributed by atoms with Crippen molar-refractivity contribution in [1.82, 2.24) is 0 Å². The molecule has 0 aliphatic heterocycles. The van der Waals surface area contributed by atoms with Crippen molar-refractivity contribution < 1.29 is 14.6 Å². The van der Waals surface area contributed by atoms with E-state index in [2.05, 4.69) is 66.7 Å². The maximum Gasteiger partial charge on any atom is 0.303 e. The molecule has 1 aliphatic carbocycles. The van der Waals surface area contributed by atoms with E-state index in [0.29, 0.717) is 6.42 Å². The number of hydrogen-bond acceptors (Lipinski definition) is 2. The fraction of sp³-hybridized carbons (Fsp3) is 0.286. The molecular formula is C35H36O3. The smallest absolute Gasteiger partial charge is 0.303 e. The van der Waals surface area contributed by atoms with Crippen LogP contribution in [-0.2, 0) is 4.79 Å². The molecule has 0 amide bonds. The van der Waals surface area contributed by atoms with Gasteiger partial charge in [-0.1, -0.05) is 117 Å². The molecule has 1 aliphatic rings. The molecule has 0 unspecified atom stereocenters. The van der Waals surface area contributed by atoms with Crippen molar-refractivity contribution in [2.75, 3.05) is 6.61 Å². The summed E-state index contributed by atoms with van der Waals surface area (Å²) in [5.41, 5.74) is 2.92. The Morgan fingerprint density at radius 1 is 0.605 bits per heavy atom. The monoisotopic (exact) mass is 504 g/mol. The Labute approximate surface area is 225 Å². The highest BCUT2D eigenvalue weighted by Gasteiger charge is 2.23. The Morgan fingerprint density at radius 3 is 2.00 bits per heavy atom. The number of carbonyl (C=O) groups is 1. The van der Waals surface area contributed by atoms with Crippen LogP contribution >= 0.6 is 0 Å². The van der Waals surface area contributed by atoms with Crippen LogP contribution < -0.4 is 4.74 Å². The lowest BCUT2D eigenvalue weighted by Crippen LogP contribution is -1.98. The SMILES string of the molecule is O=C(O)CCCCCCCCCCOc1cccc2ccccc12.c1ccc2c3c4c-3cccc4cc2c1. The second-order valence-corrected chi connectivity index (χ2v) is 10.2. The number of ether oxygens (including phenoxy) is 1. The Kier molecular flexibility index (Phi) is 8.55. The largest absolute Gasteiger partial charge is 0.493 e. The lowest BCUT2D eigenvalue weighted by atomic mass is 10.1. The van der Waals surface area contributed by atoms with E-state index in [1.165, 1.54) is 69.1 Å². The van der Waals surface area contributed by atoms with Gasteiger partial charge in [-0.25, -0.2) is 0 Å². The first-order valence-electron chi connectivity index (χ1n) is 14.0. The highest BCUT2D eigenvalue weighted by Crippen LogP contribution is 2.51. The number of carboxylic acid groups (broad SMARTS) is 1. The van der Waals surface area contributed by atoms with Gasteiger partial charge in [0, 0.05) is 11.8 Å². The Hall–Kier alpha value is -3.85. The van der Waals surface area contributed by atoms with Crippen molar-refractivity contribution >= 4 is 38.3 Å². The van der Waals surface area contributed by atoms with Crippen molar-refractivity contribution in [2.24, 2.45) is 0 Å². The molecule has 0 spiro atoms. The second-order valence-electron chi connectivity index (χ2n) is 10.2. The van der Waals surface area contributed by atoms with Crippen LogP contribution in [-0.4, -0.2) is 17.7 Å². The first-order chi connectivity index (χ1) is 18.7. The summed E-state index contributed by atoms with van der Waals surface area (Å²) >= 11 is 0. The van der Waals surface area contributed by atoms with E-state index < -0.39 is 5.97 Å². The molecule has 6 rings (SSSR count). The molecule has 0 radical (unpaired) electrons. The molecule has 0 aromatic heterocycles. The van der Waals surface area contributed by atoms with Gasteiger partial charge in [-0.2, -0.15) is 0 Å². The average molecular weight is 505 g/mol. The van der Waals surface area contributed by atoms with Crippen molar-refractivity contribution in [3.8, 4) is 16.9 Å². The van der Waals surface area contributed by atoms with E-state index >= 15 is 0 Å². The van der Waals surface area contributed by atoms with Gasteiger partial charge >= 0.3 is 5.97 Å². The summed E-state index contributed by atoms with van der Waals surface area (Å²) in [7, 11) is 0. The van der Waals surface area contributed by atoms with E-state index in [4.69, 9.17) is 9.84 Å². The van der Waals surface area contributed by atoms with Crippen LogP contribution in [0.1, 0.15) is 57.8 Å². The Bertz CT molecular complexity index is 1530. The number of aliphatic carboxylic acids is 1. The zero-order valence-corrected chi connectivity index (χ0v) is 22.0. The molecule has 5 aromatic carbocycles. The molecule has 0 heterocycles. The molecule has 0 saturated carbocycles. The highest BCUT2D eigenvalue weighted by molar-refractivity contribution is 6.29. The van der Waals surface area contributed by atoms with Crippen molar-refractivity contribution in [2.45, 2.75) is 57.8 Å². The summed E-state index contributed by atoms with van der Waals surface area (Å²) in [5, 5.41) is 16.6. The molecular weight excluding hydrogens is 468 g/mol. The summed E-state index contributed by atoms with van der Waals surface area (Å²) in [5.74, 6) is 0.299. The lowest BCUT2D eigenvalue weighted by Gasteiger charge is -2.09. The van der Waals surface area contributed by atoms with E-state index in [1.807, 2.05) is 24.3 Å². The van der Waals surface area contributed by atoms with Gasteiger partial charge in [0.15, 0.2) is 0 Å². The van der Waals surface area contributed by atoms with Gasteiger partial charge in [0.05, 0.1) is 6.61 Å². The standard InChI is InChI=1S/C21H28O3.C14H8/c22-21(23)16-7-5-3-1-2-4-6-10-17-24-20-15-11-13-18-12-8-9-14-19(18)20;1-2-6-11-9(4-1)8-10-5-3-7-12-13(10)14(11)12/h8-9,11-15H,1-7,10,16-17H2,(H,22,23);1-8H. The van der Waals surface area contributed by atoms with Gasteiger partial charge in [0.2, 0.25) is 0 Å².